The number of aryl methyl sites for hydroxylation is 3. The molecule has 1 aromatic carbocycles. The van der Waals surface area contributed by atoms with Crippen molar-refractivity contribution >= 4 is 17.6 Å². The third-order valence-electron chi connectivity index (χ3n) is 2.91. The Kier molecular flexibility index (Phi) is 4.10. The maximum absolute atomic E-state index is 5.87. The summed E-state index contributed by atoms with van der Waals surface area (Å²) in [5.74, 6) is 2.21. The first-order chi connectivity index (χ1) is 8.95. The number of benzene rings is 1. The molecule has 19 heavy (non-hydrogen) atoms. The molecule has 2 rings (SSSR count). The molecule has 100 valence electrons. The average Bonchev–Trinajstić information content (AvgIpc) is 2.30. The second kappa shape index (κ2) is 5.61. The highest BCUT2D eigenvalue weighted by Gasteiger charge is 2.07. The molecule has 0 saturated heterocycles. The standard InChI is InChI=1S/C15H19N3S/c1-9-5-10(2)7-13(6-9)8-19-15-11(3)14(16)17-12(4)18-15/h5-7H,8H2,1-4H3,(H2,16,17,18). The summed E-state index contributed by atoms with van der Waals surface area (Å²) in [6.07, 6.45) is 0. The normalized spacial score (nSPS) is 10.7. The lowest BCUT2D eigenvalue weighted by Crippen LogP contribution is -2.01. The smallest absolute Gasteiger partial charge is 0.131 e. The zero-order valence-corrected chi connectivity index (χ0v) is 12.6. The van der Waals surface area contributed by atoms with Gasteiger partial charge in [-0.3, -0.25) is 0 Å². The van der Waals surface area contributed by atoms with E-state index in [9.17, 15) is 0 Å². The molecule has 0 aliphatic heterocycles. The molecule has 4 heteroatoms. The van der Waals surface area contributed by atoms with Crippen LogP contribution in [0.4, 0.5) is 5.82 Å². The van der Waals surface area contributed by atoms with Gasteiger partial charge in [-0.25, -0.2) is 9.97 Å². The molecule has 0 radical (unpaired) electrons. The van der Waals surface area contributed by atoms with Gasteiger partial charge in [-0.15, -0.1) is 11.8 Å². The summed E-state index contributed by atoms with van der Waals surface area (Å²) in [4.78, 5) is 8.64. The number of rotatable bonds is 3. The Bertz CT molecular complexity index is 588. The summed E-state index contributed by atoms with van der Waals surface area (Å²) < 4.78 is 0. The highest BCUT2D eigenvalue weighted by atomic mass is 32.2. The number of nitrogens with two attached hydrogens (primary N) is 1. The summed E-state index contributed by atoms with van der Waals surface area (Å²) in [6, 6.07) is 6.62. The largest absolute Gasteiger partial charge is 0.383 e. The highest BCUT2D eigenvalue weighted by Crippen LogP contribution is 2.27. The van der Waals surface area contributed by atoms with Gasteiger partial charge in [0.15, 0.2) is 0 Å². The van der Waals surface area contributed by atoms with Crippen molar-refractivity contribution in [2.45, 2.75) is 38.5 Å². The zero-order chi connectivity index (χ0) is 14.0. The molecule has 3 nitrogen and oxygen atoms in total. The van der Waals surface area contributed by atoms with Gasteiger partial charge in [-0.05, 0) is 33.3 Å². The quantitative estimate of drug-likeness (QED) is 0.686. The molecule has 2 N–H and O–H groups in total. The topological polar surface area (TPSA) is 51.8 Å². The molecule has 0 atom stereocenters. The second-order valence-electron chi connectivity index (χ2n) is 4.87. The van der Waals surface area contributed by atoms with Crippen LogP contribution in [0.5, 0.6) is 0 Å². The first-order valence-electron chi connectivity index (χ1n) is 6.26. The van der Waals surface area contributed by atoms with Crippen LogP contribution < -0.4 is 5.73 Å². The van der Waals surface area contributed by atoms with E-state index in [-0.39, 0.29) is 0 Å². The van der Waals surface area contributed by atoms with Crippen LogP contribution in [-0.2, 0) is 5.75 Å². The fourth-order valence-electron chi connectivity index (χ4n) is 2.07. The number of nitrogens with zero attached hydrogens (tertiary/aromatic N) is 2. The van der Waals surface area contributed by atoms with Crippen LogP contribution in [0.1, 0.15) is 28.1 Å². The SMILES string of the molecule is Cc1cc(C)cc(CSc2nc(C)nc(N)c2C)c1. The molecule has 0 fully saturated rings. The lowest BCUT2D eigenvalue weighted by molar-refractivity contribution is 0.946. The van der Waals surface area contributed by atoms with Gasteiger partial charge in [0.2, 0.25) is 0 Å². The first-order valence-corrected chi connectivity index (χ1v) is 7.25. The van der Waals surface area contributed by atoms with E-state index in [4.69, 9.17) is 5.73 Å². The van der Waals surface area contributed by atoms with E-state index < -0.39 is 0 Å². The minimum absolute atomic E-state index is 0.579. The van der Waals surface area contributed by atoms with Crippen molar-refractivity contribution in [2.75, 3.05) is 5.73 Å². The molecule has 0 amide bonds. The molecule has 1 heterocycles. The zero-order valence-electron chi connectivity index (χ0n) is 11.8. The fraction of sp³-hybridized carbons (Fsp3) is 0.333. The van der Waals surface area contributed by atoms with Crippen LogP contribution in [0, 0.1) is 27.7 Å². The van der Waals surface area contributed by atoms with Gasteiger partial charge in [0.1, 0.15) is 16.7 Å². The van der Waals surface area contributed by atoms with Crippen molar-refractivity contribution in [3.63, 3.8) is 0 Å². The van der Waals surface area contributed by atoms with Gasteiger partial charge in [-0.1, -0.05) is 29.3 Å². The van der Waals surface area contributed by atoms with Crippen molar-refractivity contribution in [3.8, 4) is 0 Å². The summed E-state index contributed by atoms with van der Waals surface area (Å²) in [5, 5.41) is 0.976. The highest BCUT2D eigenvalue weighted by molar-refractivity contribution is 7.98. The Labute approximate surface area is 118 Å². The monoisotopic (exact) mass is 273 g/mol. The van der Waals surface area contributed by atoms with Crippen molar-refractivity contribution < 1.29 is 0 Å². The van der Waals surface area contributed by atoms with E-state index in [2.05, 4.69) is 42.0 Å². The maximum atomic E-state index is 5.87. The summed E-state index contributed by atoms with van der Waals surface area (Å²) >= 11 is 1.71. The molecule has 0 unspecified atom stereocenters. The van der Waals surface area contributed by atoms with Gasteiger partial charge in [0, 0.05) is 11.3 Å². The summed E-state index contributed by atoms with van der Waals surface area (Å²) in [7, 11) is 0. The first kappa shape index (κ1) is 13.9. The van der Waals surface area contributed by atoms with E-state index in [1.807, 2.05) is 13.8 Å². The van der Waals surface area contributed by atoms with Crippen LogP contribution in [0.15, 0.2) is 23.2 Å². The third-order valence-corrected chi connectivity index (χ3v) is 4.06. The van der Waals surface area contributed by atoms with Gasteiger partial charge >= 0.3 is 0 Å². The number of aromatic nitrogens is 2. The lowest BCUT2D eigenvalue weighted by Gasteiger charge is -2.09. The van der Waals surface area contributed by atoms with Crippen LogP contribution in [0.2, 0.25) is 0 Å². The Morgan fingerprint density at radius 2 is 1.63 bits per heavy atom. The predicted octanol–water partition coefficient (Wildman–Crippen LogP) is 3.58. The van der Waals surface area contributed by atoms with E-state index in [0.717, 1.165) is 22.2 Å². The number of thioether (sulfide) groups is 1. The Balaban J connectivity index is 2.19. The number of nitrogen functional groups attached to an aromatic ring is 1. The van der Waals surface area contributed by atoms with Gasteiger partial charge < -0.3 is 5.73 Å². The molecule has 0 bridgehead atoms. The van der Waals surface area contributed by atoms with Crippen molar-refractivity contribution in [1.82, 2.24) is 9.97 Å². The van der Waals surface area contributed by atoms with Gasteiger partial charge in [0.05, 0.1) is 0 Å². The Morgan fingerprint density at radius 1 is 1.00 bits per heavy atom. The van der Waals surface area contributed by atoms with Crippen LogP contribution in [0.3, 0.4) is 0 Å². The average molecular weight is 273 g/mol. The minimum Gasteiger partial charge on any atom is -0.383 e. The predicted molar refractivity (Wildman–Crippen MR) is 81.4 cm³/mol. The molecule has 1 aromatic heterocycles. The molecule has 0 spiro atoms. The molecule has 2 aromatic rings. The van der Waals surface area contributed by atoms with E-state index in [1.54, 1.807) is 11.8 Å². The van der Waals surface area contributed by atoms with Crippen LogP contribution in [0.25, 0.3) is 0 Å². The minimum atomic E-state index is 0.579. The fourth-order valence-corrected chi connectivity index (χ4v) is 3.06. The van der Waals surface area contributed by atoms with Crippen molar-refractivity contribution in [2.24, 2.45) is 0 Å². The van der Waals surface area contributed by atoms with Crippen LogP contribution >= 0.6 is 11.8 Å². The third kappa shape index (κ3) is 3.47. The number of anilines is 1. The lowest BCUT2D eigenvalue weighted by atomic mass is 10.1. The molecular weight excluding hydrogens is 254 g/mol. The van der Waals surface area contributed by atoms with Crippen molar-refractivity contribution in [3.05, 3.63) is 46.3 Å². The molecular formula is C15H19N3S. The van der Waals surface area contributed by atoms with Crippen LogP contribution in [-0.4, -0.2) is 9.97 Å². The van der Waals surface area contributed by atoms with E-state index in [1.165, 1.54) is 16.7 Å². The Morgan fingerprint density at radius 3 is 2.26 bits per heavy atom. The van der Waals surface area contributed by atoms with Gasteiger partial charge in [-0.2, -0.15) is 0 Å². The second-order valence-corrected chi connectivity index (χ2v) is 5.83. The molecule has 0 aliphatic carbocycles. The van der Waals surface area contributed by atoms with E-state index >= 15 is 0 Å². The van der Waals surface area contributed by atoms with Crippen molar-refractivity contribution in [1.29, 1.82) is 0 Å². The number of hydrogen-bond acceptors (Lipinski definition) is 4. The molecule has 0 aliphatic rings. The number of hydrogen-bond donors (Lipinski definition) is 1. The molecule has 0 saturated carbocycles. The summed E-state index contributed by atoms with van der Waals surface area (Å²) in [6.45, 7) is 8.09. The maximum Gasteiger partial charge on any atom is 0.131 e. The summed E-state index contributed by atoms with van der Waals surface area (Å²) in [5.41, 5.74) is 10.8. The van der Waals surface area contributed by atoms with E-state index in [0.29, 0.717) is 5.82 Å². The van der Waals surface area contributed by atoms with Gasteiger partial charge in [0.25, 0.3) is 0 Å². The Hall–Kier alpha value is -1.55.